The lowest BCUT2D eigenvalue weighted by molar-refractivity contribution is 0.474. The van der Waals surface area contributed by atoms with Crippen molar-refractivity contribution in [2.24, 2.45) is 0 Å². The second kappa shape index (κ2) is 9.82. The summed E-state index contributed by atoms with van der Waals surface area (Å²) in [5, 5.41) is 15.1. The molecule has 116 valence electrons. The normalized spacial score (nSPS) is 11.9. The van der Waals surface area contributed by atoms with E-state index in [-0.39, 0.29) is 12.4 Å². The minimum atomic E-state index is 0. The van der Waals surface area contributed by atoms with Crippen LogP contribution in [0.2, 0.25) is 0 Å². The Bertz CT molecular complexity index is 501. The van der Waals surface area contributed by atoms with E-state index >= 15 is 0 Å². The summed E-state index contributed by atoms with van der Waals surface area (Å²) >= 11 is 1.85. The van der Waals surface area contributed by atoms with E-state index in [0.29, 0.717) is 11.7 Å². The largest absolute Gasteiger partial charge is 0.508 e. The van der Waals surface area contributed by atoms with Crippen molar-refractivity contribution < 1.29 is 5.11 Å². The van der Waals surface area contributed by atoms with E-state index in [1.54, 1.807) is 6.07 Å². The molecule has 2 rings (SSSR count). The number of phenolic OH excluding ortho intramolecular Hbond substituents is 1. The maximum atomic E-state index is 9.43. The highest BCUT2D eigenvalue weighted by Gasteiger charge is 2.10. The number of hydrogen-bond donors (Lipinski definition) is 2. The molecule has 4 heteroatoms. The van der Waals surface area contributed by atoms with E-state index in [9.17, 15) is 5.11 Å². The van der Waals surface area contributed by atoms with Gasteiger partial charge in [-0.3, -0.25) is 0 Å². The summed E-state index contributed by atoms with van der Waals surface area (Å²) in [7, 11) is 0. The van der Waals surface area contributed by atoms with E-state index < -0.39 is 0 Å². The van der Waals surface area contributed by atoms with Crippen molar-refractivity contribution in [2.75, 3.05) is 13.1 Å². The summed E-state index contributed by atoms with van der Waals surface area (Å²) in [4.78, 5) is 1.48. The van der Waals surface area contributed by atoms with E-state index in [1.807, 2.05) is 23.5 Å². The lowest BCUT2D eigenvalue weighted by Crippen LogP contribution is -2.23. The average Bonchev–Trinajstić information content (AvgIpc) is 2.96. The summed E-state index contributed by atoms with van der Waals surface area (Å²) < 4.78 is 0. The molecule has 0 spiro atoms. The van der Waals surface area contributed by atoms with E-state index in [4.69, 9.17) is 0 Å². The average molecular weight is 326 g/mol. The molecule has 2 aromatic rings. The minimum absolute atomic E-state index is 0. The standard InChI is InChI=1S/C17H23NOS.ClH/c1-2-5-15(17-8-4-11-20-17)13-18-10-9-14-6-3-7-16(19)12-14;/h3-4,6-8,11-12,15,18-19H,2,5,9-10,13H2,1H3;1H. The van der Waals surface area contributed by atoms with Gasteiger partial charge in [-0.25, -0.2) is 0 Å². The molecular weight excluding hydrogens is 302 g/mol. The van der Waals surface area contributed by atoms with Crippen LogP contribution in [0.15, 0.2) is 41.8 Å². The summed E-state index contributed by atoms with van der Waals surface area (Å²) in [6, 6.07) is 11.9. The van der Waals surface area contributed by atoms with Crippen molar-refractivity contribution in [2.45, 2.75) is 32.1 Å². The fraction of sp³-hybridized carbons (Fsp3) is 0.412. The number of hydrogen-bond acceptors (Lipinski definition) is 3. The first-order chi connectivity index (χ1) is 9.79. The zero-order chi connectivity index (χ0) is 14.2. The van der Waals surface area contributed by atoms with Crippen molar-refractivity contribution in [1.29, 1.82) is 0 Å². The van der Waals surface area contributed by atoms with Gasteiger partial charge in [0.15, 0.2) is 0 Å². The molecule has 0 saturated heterocycles. The second-order valence-electron chi connectivity index (χ2n) is 5.13. The Morgan fingerprint density at radius 2 is 2.10 bits per heavy atom. The van der Waals surface area contributed by atoms with Crippen molar-refractivity contribution in [3.63, 3.8) is 0 Å². The minimum Gasteiger partial charge on any atom is -0.508 e. The van der Waals surface area contributed by atoms with Crippen molar-refractivity contribution >= 4 is 23.7 Å². The number of rotatable bonds is 8. The summed E-state index contributed by atoms with van der Waals surface area (Å²) in [6.45, 7) is 4.23. The van der Waals surface area contributed by atoms with Gasteiger partial charge < -0.3 is 10.4 Å². The van der Waals surface area contributed by atoms with Gasteiger partial charge in [-0.15, -0.1) is 23.7 Å². The molecule has 21 heavy (non-hydrogen) atoms. The molecule has 2 N–H and O–H groups in total. The van der Waals surface area contributed by atoms with E-state index in [2.05, 4.69) is 35.8 Å². The van der Waals surface area contributed by atoms with Crippen LogP contribution in [-0.2, 0) is 6.42 Å². The quantitative estimate of drug-likeness (QED) is 0.696. The van der Waals surface area contributed by atoms with Crippen LogP contribution >= 0.6 is 23.7 Å². The van der Waals surface area contributed by atoms with Crippen LogP contribution < -0.4 is 5.32 Å². The van der Waals surface area contributed by atoms with Gasteiger partial charge in [0.1, 0.15) is 5.75 Å². The Labute approximate surface area is 137 Å². The smallest absolute Gasteiger partial charge is 0.115 e. The summed E-state index contributed by atoms with van der Waals surface area (Å²) in [5.74, 6) is 0.981. The van der Waals surface area contributed by atoms with Gasteiger partial charge in [-0.1, -0.05) is 31.5 Å². The summed E-state index contributed by atoms with van der Waals surface area (Å²) in [5.41, 5.74) is 1.18. The van der Waals surface area contributed by atoms with Gasteiger partial charge in [-0.2, -0.15) is 0 Å². The first-order valence-electron chi connectivity index (χ1n) is 7.31. The first-order valence-corrected chi connectivity index (χ1v) is 8.19. The molecule has 0 saturated carbocycles. The molecule has 0 aliphatic heterocycles. The highest BCUT2D eigenvalue weighted by Crippen LogP contribution is 2.24. The zero-order valence-electron chi connectivity index (χ0n) is 12.4. The molecule has 1 heterocycles. The molecule has 1 aromatic carbocycles. The number of aromatic hydroxyl groups is 1. The van der Waals surface area contributed by atoms with Crippen LogP contribution in [-0.4, -0.2) is 18.2 Å². The maximum absolute atomic E-state index is 9.43. The number of thiophene rings is 1. The highest BCUT2D eigenvalue weighted by molar-refractivity contribution is 7.10. The Balaban J connectivity index is 0.00000220. The summed E-state index contributed by atoms with van der Waals surface area (Å²) in [6.07, 6.45) is 3.41. The molecule has 1 atom stereocenters. The van der Waals surface area contributed by atoms with Crippen molar-refractivity contribution in [1.82, 2.24) is 5.32 Å². The number of halogens is 1. The van der Waals surface area contributed by atoms with Crippen LogP contribution in [0.1, 0.15) is 36.1 Å². The highest BCUT2D eigenvalue weighted by atomic mass is 35.5. The Kier molecular flexibility index (Phi) is 8.43. The lowest BCUT2D eigenvalue weighted by atomic mass is 10.0. The third-order valence-electron chi connectivity index (χ3n) is 3.47. The van der Waals surface area contributed by atoms with Gasteiger partial charge in [-0.05, 0) is 48.5 Å². The molecule has 2 nitrogen and oxygen atoms in total. The molecule has 0 radical (unpaired) electrons. The van der Waals surface area contributed by atoms with Gasteiger partial charge in [0.05, 0.1) is 0 Å². The SMILES string of the molecule is CCCC(CNCCc1cccc(O)c1)c1cccs1.Cl. The monoisotopic (exact) mass is 325 g/mol. The predicted octanol–water partition coefficient (Wildman–Crippen LogP) is 4.59. The third kappa shape index (κ3) is 6.08. The van der Waals surface area contributed by atoms with Crippen LogP contribution in [0, 0.1) is 0 Å². The Morgan fingerprint density at radius 3 is 2.76 bits per heavy atom. The van der Waals surface area contributed by atoms with Gasteiger partial charge >= 0.3 is 0 Å². The zero-order valence-corrected chi connectivity index (χ0v) is 14.1. The molecule has 0 bridgehead atoms. The maximum Gasteiger partial charge on any atom is 0.115 e. The topological polar surface area (TPSA) is 32.3 Å². The van der Waals surface area contributed by atoms with Crippen molar-refractivity contribution in [3.05, 3.63) is 52.2 Å². The molecule has 1 aromatic heterocycles. The number of benzene rings is 1. The molecule has 0 aliphatic rings. The van der Waals surface area contributed by atoms with Crippen LogP contribution in [0.5, 0.6) is 5.75 Å². The molecule has 0 amide bonds. The Hall–Kier alpha value is -1.03. The molecule has 0 fully saturated rings. The number of phenols is 1. The first kappa shape index (κ1) is 18.0. The van der Waals surface area contributed by atoms with Crippen LogP contribution in [0.4, 0.5) is 0 Å². The number of nitrogens with one attached hydrogen (secondary N) is 1. The van der Waals surface area contributed by atoms with E-state index in [0.717, 1.165) is 19.5 Å². The predicted molar refractivity (Wildman–Crippen MR) is 93.9 cm³/mol. The van der Waals surface area contributed by atoms with Gasteiger partial charge in [0, 0.05) is 17.3 Å². The van der Waals surface area contributed by atoms with Gasteiger partial charge in [0.25, 0.3) is 0 Å². The molecule has 0 aliphatic carbocycles. The second-order valence-corrected chi connectivity index (χ2v) is 6.10. The van der Waals surface area contributed by atoms with Crippen LogP contribution in [0.3, 0.4) is 0 Å². The fourth-order valence-corrected chi connectivity index (χ4v) is 3.30. The van der Waals surface area contributed by atoms with Gasteiger partial charge in [0.2, 0.25) is 0 Å². The van der Waals surface area contributed by atoms with Crippen LogP contribution in [0.25, 0.3) is 0 Å². The molecular formula is C17H24ClNOS. The Morgan fingerprint density at radius 1 is 1.24 bits per heavy atom. The molecule has 1 unspecified atom stereocenters. The fourth-order valence-electron chi connectivity index (χ4n) is 2.44. The lowest BCUT2D eigenvalue weighted by Gasteiger charge is -2.15. The van der Waals surface area contributed by atoms with Crippen molar-refractivity contribution in [3.8, 4) is 5.75 Å². The third-order valence-corrected chi connectivity index (χ3v) is 4.51. The van der Waals surface area contributed by atoms with E-state index in [1.165, 1.54) is 23.3 Å².